The Balaban J connectivity index is 0.000000429. The maximum atomic E-state index is 12.8. The molecule has 0 unspecified atom stereocenters. The molecule has 0 N–H and O–H groups in total. The zero-order chi connectivity index (χ0) is 26.2. The highest BCUT2D eigenvalue weighted by molar-refractivity contribution is 5.92. The number of fused-ring (bicyclic) bond motifs is 5. The Bertz CT molecular complexity index is 910. The number of carbonyl (C=O) groups excluding carboxylic acids is 3. The maximum Gasteiger partial charge on any atom is 0.303 e. The summed E-state index contributed by atoms with van der Waals surface area (Å²) in [6.45, 7) is 19.8. The molecule has 0 aromatic carbocycles. The van der Waals surface area contributed by atoms with Gasteiger partial charge in [-0.15, -0.1) is 0 Å². The number of allylic oxidation sites excluding steroid dienone is 4. The van der Waals surface area contributed by atoms with Gasteiger partial charge < -0.3 is 9.64 Å². The highest BCUT2D eigenvalue weighted by atomic mass is 16.6. The first kappa shape index (κ1) is 27.8. The van der Waals surface area contributed by atoms with Crippen molar-refractivity contribution in [3.8, 4) is 0 Å². The van der Waals surface area contributed by atoms with E-state index >= 15 is 0 Å². The summed E-state index contributed by atoms with van der Waals surface area (Å²) in [5, 5.41) is 0. The van der Waals surface area contributed by atoms with E-state index in [4.69, 9.17) is 4.74 Å². The Morgan fingerprint density at radius 1 is 1.00 bits per heavy atom. The van der Waals surface area contributed by atoms with Crippen LogP contribution in [0.3, 0.4) is 0 Å². The summed E-state index contributed by atoms with van der Waals surface area (Å²) in [4.78, 5) is 39.1. The molecule has 6 atom stereocenters. The number of rotatable bonds is 5. The second-order valence-corrected chi connectivity index (χ2v) is 11.7. The van der Waals surface area contributed by atoms with E-state index < -0.39 is 5.60 Å². The van der Waals surface area contributed by atoms with Crippen molar-refractivity contribution in [1.82, 2.24) is 4.90 Å². The van der Waals surface area contributed by atoms with Gasteiger partial charge in [-0.25, -0.2) is 0 Å². The minimum Gasteiger partial charge on any atom is -0.451 e. The molecule has 0 radical (unpaired) electrons. The minimum absolute atomic E-state index is 0.0160. The maximum absolute atomic E-state index is 12.8. The second-order valence-electron chi connectivity index (χ2n) is 11.7. The number of esters is 1. The van der Waals surface area contributed by atoms with Gasteiger partial charge in [0, 0.05) is 18.8 Å². The van der Waals surface area contributed by atoms with E-state index in [1.807, 2.05) is 6.08 Å². The molecular formula is C30H47NO4. The lowest BCUT2D eigenvalue weighted by Gasteiger charge is -2.58. The number of ketones is 2. The highest BCUT2D eigenvalue weighted by Crippen LogP contribution is 2.67. The van der Waals surface area contributed by atoms with Gasteiger partial charge in [0.2, 0.25) is 0 Å². The molecule has 5 nitrogen and oxygen atoms in total. The molecule has 196 valence electrons. The van der Waals surface area contributed by atoms with Gasteiger partial charge in [-0.1, -0.05) is 46.3 Å². The predicted octanol–water partition coefficient (Wildman–Crippen LogP) is 5.92. The fraction of sp³-hybridized carbons (Fsp3) is 0.767. The lowest BCUT2D eigenvalue weighted by molar-refractivity contribution is -0.185. The Morgan fingerprint density at radius 2 is 1.60 bits per heavy atom. The molecule has 35 heavy (non-hydrogen) atoms. The van der Waals surface area contributed by atoms with E-state index in [1.54, 1.807) is 6.92 Å². The molecule has 2 saturated carbocycles. The zero-order valence-corrected chi connectivity index (χ0v) is 23.3. The van der Waals surface area contributed by atoms with E-state index in [1.165, 1.54) is 37.7 Å². The molecular weight excluding hydrogens is 438 g/mol. The summed E-state index contributed by atoms with van der Waals surface area (Å²) >= 11 is 0. The SMILES string of the molecule is CC(=O)O[C@]1(C(C)=O)CC[C@H]2[C@@H]3C=C(C)C4=CC(=O)CC[C@]4(C)[C@H]3CC[C@@]21C.CCN(CC)CC. The third-order valence-electron chi connectivity index (χ3n) is 10.2. The van der Waals surface area contributed by atoms with Gasteiger partial charge in [-0.3, -0.25) is 14.4 Å². The lowest BCUT2D eigenvalue weighted by atomic mass is 9.47. The second kappa shape index (κ2) is 10.3. The number of ether oxygens (including phenoxy) is 1. The Morgan fingerprint density at radius 3 is 2.11 bits per heavy atom. The molecule has 0 aliphatic heterocycles. The first-order chi connectivity index (χ1) is 16.4. The normalized spacial score (nSPS) is 37.7. The molecule has 4 aliphatic carbocycles. The third-order valence-corrected chi connectivity index (χ3v) is 10.2. The topological polar surface area (TPSA) is 63.7 Å². The zero-order valence-electron chi connectivity index (χ0n) is 23.3. The van der Waals surface area contributed by atoms with E-state index in [0.717, 1.165) is 25.7 Å². The molecule has 0 aromatic heterocycles. The summed E-state index contributed by atoms with van der Waals surface area (Å²) in [5.74, 6) is 1.03. The van der Waals surface area contributed by atoms with Crippen LogP contribution < -0.4 is 0 Å². The van der Waals surface area contributed by atoms with Crippen molar-refractivity contribution in [2.24, 2.45) is 28.6 Å². The molecule has 2 fully saturated rings. The Labute approximate surface area is 212 Å². The first-order valence-electron chi connectivity index (χ1n) is 13.8. The average Bonchev–Trinajstić information content (AvgIpc) is 3.10. The van der Waals surface area contributed by atoms with Crippen LogP contribution in [0.25, 0.3) is 0 Å². The molecule has 0 spiro atoms. The molecule has 0 saturated heterocycles. The van der Waals surface area contributed by atoms with Gasteiger partial charge in [0.1, 0.15) is 0 Å². The van der Waals surface area contributed by atoms with Crippen LogP contribution in [-0.2, 0) is 19.1 Å². The standard InChI is InChI=1S/C24H32O4.C6H15N/c1-14-12-18-19(22(4)9-6-17(27)13-21(14)22)7-10-23(5)20(18)8-11-24(23,15(2)25)28-16(3)26;1-4-7(5-2)6-3/h12-13,18-20H,6-11H2,1-5H3;4-6H2,1-3H3/t18-,19+,20+,22-,23+,24+;/m1./s1. The van der Waals surface area contributed by atoms with Crippen molar-refractivity contribution >= 4 is 17.5 Å². The lowest BCUT2D eigenvalue weighted by Crippen LogP contribution is -2.58. The number of nitrogens with zero attached hydrogens (tertiary/aromatic N) is 1. The summed E-state index contributed by atoms with van der Waals surface area (Å²) in [7, 11) is 0. The van der Waals surface area contributed by atoms with Crippen molar-refractivity contribution in [2.45, 2.75) is 99.5 Å². The molecule has 0 aromatic rings. The monoisotopic (exact) mass is 485 g/mol. The molecule has 4 aliphatic rings. The van der Waals surface area contributed by atoms with Crippen LogP contribution >= 0.6 is 0 Å². The van der Waals surface area contributed by atoms with Gasteiger partial charge in [0.05, 0.1) is 0 Å². The Hall–Kier alpha value is -1.75. The molecule has 5 heteroatoms. The van der Waals surface area contributed by atoms with Crippen LogP contribution in [-0.4, -0.2) is 47.7 Å². The van der Waals surface area contributed by atoms with E-state index in [-0.39, 0.29) is 28.4 Å². The summed E-state index contributed by atoms with van der Waals surface area (Å²) < 4.78 is 5.82. The number of carbonyl (C=O) groups is 3. The van der Waals surface area contributed by atoms with Crippen LogP contribution in [0.2, 0.25) is 0 Å². The molecule has 0 amide bonds. The van der Waals surface area contributed by atoms with Crippen molar-refractivity contribution in [2.75, 3.05) is 19.6 Å². The predicted molar refractivity (Wildman–Crippen MR) is 140 cm³/mol. The quantitative estimate of drug-likeness (QED) is 0.452. The van der Waals surface area contributed by atoms with Gasteiger partial charge in [-0.05, 0) is 100 Å². The van der Waals surface area contributed by atoms with Gasteiger partial charge in [-0.2, -0.15) is 0 Å². The molecule has 4 rings (SSSR count). The fourth-order valence-electron chi connectivity index (χ4n) is 8.15. The van der Waals surface area contributed by atoms with Crippen LogP contribution in [0.4, 0.5) is 0 Å². The first-order valence-corrected chi connectivity index (χ1v) is 13.8. The van der Waals surface area contributed by atoms with Crippen molar-refractivity contribution in [3.05, 3.63) is 23.3 Å². The summed E-state index contributed by atoms with van der Waals surface area (Å²) in [6.07, 6.45) is 9.20. The van der Waals surface area contributed by atoms with E-state index in [9.17, 15) is 14.4 Å². The van der Waals surface area contributed by atoms with Gasteiger partial charge in [0.15, 0.2) is 17.2 Å². The number of hydrogen-bond donors (Lipinski definition) is 0. The van der Waals surface area contributed by atoms with Crippen molar-refractivity contribution < 1.29 is 19.1 Å². The summed E-state index contributed by atoms with van der Waals surface area (Å²) in [6, 6.07) is 0. The van der Waals surface area contributed by atoms with Crippen LogP contribution in [0.1, 0.15) is 93.9 Å². The van der Waals surface area contributed by atoms with E-state index in [2.05, 4.69) is 52.5 Å². The molecule has 0 heterocycles. The van der Waals surface area contributed by atoms with E-state index in [0.29, 0.717) is 30.6 Å². The smallest absolute Gasteiger partial charge is 0.303 e. The highest BCUT2D eigenvalue weighted by Gasteiger charge is 2.67. The average molecular weight is 486 g/mol. The third kappa shape index (κ3) is 4.58. The van der Waals surface area contributed by atoms with Crippen LogP contribution in [0.5, 0.6) is 0 Å². The number of Topliss-reactive ketones (excluding diaryl/α,β-unsaturated/α-hetero) is 1. The van der Waals surface area contributed by atoms with Gasteiger partial charge in [0.25, 0.3) is 0 Å². The van der Waals surface area contributed by atoms with Gasteiger partial charge >= 0.3 is 5.97 Å². The van der Waals surface area contributed by atoms with Crippen molar-refractivity contribution in [1.29, 1.82) is 0 Å². The number of hydrogen-bond acceptors (Lipinski definition) is 5. The van der Waals surface area contributed by atoms with Crippen LogP contribution in [0.15, 0.2) is 23.3 Å². The minimum atomic E-state index is -0.990. The molecule has 0 bridgehead atoms. The summed E-state index contributed by atoms with van der Waals surface area (Å²) in [5.41, 5.74) is 1.15. The fourth-order valence-corrected chi connectivity index (χ4v) is 8.15. The van der Waals surface area contributed by atoms with Crippen molar-refractivity contribution in [3.63, 3.8) is 0 Å². The Kier molecular flexibility index (Phi) is 8.20. The largest absolute Gasteiger partial charge is 0.451 e. The van der Waals surface area contributed by atoms with Crippen LogP contribution in [0, 0.1) is 28.6 Å².